The van der Waals surface area contributed by atoms with Crippen LogP contribution in [-0.4, -0.2) is 4.98 Å². The first-order chi connectivity index (χ1) is 9.22. The van der Waals surface area contributed by atoms with Crippen LogP contribution in [-0.2, 0) is 0 Å². The van der Waals surface area contributed by atoms with E-state index in [9.17, 15) is 0 Å². The van der Waals surface area contributed by atoms with Crippen molar-refractivity contribution in [3.05, 3.63) is 60.2 Å². The van der Waals surface area contributed by atoms with Gasteiger partial charge in [0.05, 0.1) is 5.52 Å². The first kappa shape index (κ1) is 11.5. The molecule has 0 fully saturated rings. The molecular weight excluding hydrogens is 236 g/mol. The smallest absolute Gasteiger partial charge is 0.222 e. The minimum Gasteiger partial charge on any atom is -0.439 e. The lowest BCUT2D eigenvalue weighted by atomic mass is 10.2. The molecule has 0 radical (unpaired) electrons. The highest BCUT2D eigenvalue weighted by atomic mass is 16.5. The minimum atomic E-state index is 0.628. The van der Waals surface area contributed by atoms with Crippen molar-refractivity contribution in [1.29, 1.82) is 0 Å². The molecule has 3 rings (SSSR count). The molecule has 2 aromatic carbocycles. The quantitative estimate of drug-likeness (QED) is 0.701. The average Bonchev–Trinajstić information content (AvgIpc) is 2.42. The summed E-state index contributed by atoms with van der Waals surface area (Å²) in [4.78, 5) is 4.54. The third kappa shape index (κ3) is 2.36. The molecule has 3 aromatic rings. The first-order valence-corrected chi connectivity index (χ1v) is 6.12. The molecule has 0 aliphatic heterocycles. The summed E-state index contributed by atoms with van der Waals surface area (Å²) in [6.45, 7) is 1.99. The maximum atomic E-state index is 5.81. The van der Waals surface area contributed by atoms with Gasteiger partial charge in [-0.3, -0.25) is 0 Å². The fourth-order valence-corrected chi connectivity index (χ4v) is 1.95. The number of para-hydroxylation sites is 1. The summed E-state index contributed by atoms with van der Waals surface area (Å²) in [6.07, 6.45) is 0. The van der Waals surface area contributed by atoms with Crippen LogP contribution < -0.4 is 10.5 Å². The second-order valence-corrected chi connectivity index (χ2v) is 4.47. The van der Waals surface area contributed by atoms with Crippen molar-refractivity contribution in [1.82, 2.24) is 4.98 Å². The van der Waals surface area contributed by atoms with Gasteiger partial charge in [-0.05, 0) is 43.3 Å². The molecule has 94 valence electrons. The number of fused-ring (bicyclic) bond motifs is 1. The predicted octanol–water partition coefficient (Wildman–Crippen LogP) is 3.92. The van der Waals surface area contributed by atoms with Gasteiger partial charge < -0.3 is 10.5 Å². The number of nitrogens with zero attached hydrogens (tertiary/aromatic N) is 1. The van der Waals surface area contributed by atoms with E-state index in [-0.39, 0.29) is 0 Å². The van der Waals surface area contributed by atoms with Gasteiger partial charge in [-0.15, -0.1) is 0 Å². The van der Waals surface area contributed by atoms with Crippen molar-refractivity contribution in [2.45, 2.75) is 6.92 Å². The molecular formula is C16H14N2O. The van der Waals surface area contributed by atoms with Crippen molar-refractivity contribution < 1.29 is 4.74 Å². The second kappa shape index (κ2) is 4.61. The third-order valence-corrected chi connectivity index (χ3v) is 2.96. The molecule has 0 aliphatic rings. The van der Waals surface area contributed by atoms with Crippen LogP contribution in [0.4, 0.5) is 5.69 Å². The molecule has 0 bridgehead atoms. The number of aromatic nitrogens is 1. The first-order valence-electron chi connectivity index (χ1n) is 6.12. The number of pyridine rings is 1. The SMILES string of the molecule is Cc1cc2ccccc2nc1Oc1ccc(N)cc1. The number of nitrogens with two attached hydrogens (primary N) is 1. The summed E-state index contributed by atoms with van der Waals surface area (Å²) in [6, 6.07) is 17.4. The average molecular weight is 250 g/mol. The van der Waals surface area contributed by atoms with Gasteiger partial charge in [-0.1, -0.05) is 18.2 Å². The summed E-state index contributed by atoms with van der Waals surface area (Å²) in [5.74, 6) is 1.36. The van der Waals surface area contributed by atoms with Gasteiger partial charge in [-0.2, -0.15) is 0 Å². The normalized spacial score (nSPS) is 10.6. The molecule has 19 heavy (non-hydrogen) atoms. The Labute approximate surface area is 111 Å². The summed E-state index contributed by atoms with van der Waals surface area (Å²) in [5, 5.41) is 1.12. The zero-order valence-electron chi connectivity index (χ0n) is 10.6. The Bertz CT molecular complexity index is 720. The molecule has 2 N–H and O–H groups in total. The highest BCUT2D eigenvalue weighted by Gasteiger charge is 2.05. The Morgan fingerprint density at radius 2 is 1.74 bits per heavy atom. The number of anilines is 1. The molecule has 0 aliphatic carbocycles. The largest absolute Gasteiger partial charge is 0.439 e. The van der Waals surface area contributed by atoms with Crippen molar-refractivity contribution in [3.8, 4) is 11.6 Å². The molecule has 3 heteroatoms. The van der Waals surface area contributed by atoms with Gasteiger partial charge in [-0.25, -0.2) is 4.98 Å². The van der Waals surface area contributed by atoms with Crippen molar-refractivity contribution >= 4 is 16.6 Å². The molecule has 1 aromatic heterocycles. The summed E-state index contributed by atoms with van der Waals surface area (Å²) >= 11 is 0. The van der Waals surface area contributed by atoms with Gasteiger partial charge in [0.25, 0.3) is 0 Å². The number of benzene rings is 2. The maximum Gasteiger partial charge on any atom is 0.222 e. The zero-order valence-corrected chi connectivity index (χ0v) is 10.6. The van der Waals surface area contributed by atoms with Crippen molar-refractivity contribution in [2.75, 3.05) is 5.73 Å². The van der Waals surface area contributed by atoms with Crippen LogP contribution in [0.1, 0.15) is 5.56 Å². The lowest BCUT2D eigenvalue weighted by molar-refractivity contribution is 0.461. The van der Waals surface area contributed by atoms with Crippen molar-refractivity contribution in [3.63, 3.8) is 0 Å². The summed E-state index contributed by atoms with van der Waals surface area (Å²) in [5.41, 5.74) is 8.31. The third-order valence-electron chi connectivity index (χ3n) is 2.96. The van der Waals surface area contributed by atoms with Crippen LogP contribution in [0.3, 0.4) is 0 Å². The maximum absolute atomic E-state index is 5.81. The number of rotatable bonds is 2. The number of nitrogen functional groups attached to an aromatic ring is 1. The van der Waals surface area contributed by atoms with E-state index in [0.717, 1.165) is 27.9 Å². The molecule has 3 nitrogen and oxygen atoms in total. The monoisotopic (exact) mass is 250 g/mol. The van der Waals surface area contributed by atoms with Crippen LogP contribution in [0.5, 0.6) is 11.6 Å². The van der Waals surface area contributed by atoms with E-state index in [4.69, 9.17) is 10.5 Å². The van der Waals surface area contributed by atoms with Gasteiger partial charge in [0.15, 0.2) is 0 Å². The number of aryl methyl sites for hydroxylation is 1. The summed E-state index contributed by atoms with van der Waals surface area (Å²) < 4.78 is 5.81. The van der Waals surface area contributed by atoms with Crippen LogP contribution in [0.25, 0.3) is 10.9 Å². The van der Waals surface area contributed by atoms with E-state index >= 15 is 0 Å². The van der Waals surface area contributed by atoms with Gasteiger partial charge in [0, 0.05) is 16.6 Å². The zero-order chi connectivity index (χ0) is 13.2. The van der Waals surface area contributed by atoms with Gasteiger partial charge >= 0.3 is 0 Å². The Morgan fingerprint density at radius 3 is 2.53 bits per heavy atom. The van der Waals surface area contributed by atoms with E-state index in [0.29, 0.717) is 5.88 Å². The highest BCUT2D eigenvalue weighted by molar-refractivity contribution is 5.80. The fourth-order valence-electron chi connectivity index (χ4n) is 1.95. The Hall–Kier alpha value is -2.55. The fraction of sp³-hybridized carbons (Fsp3) is 0.0625. The van der Waals surface area contributed by atoms with Gasteiger partial charge in [0.2, 0.25) is 5.88 Å². The van der Waals surface area contributed by atoms with Crippen molar-refractivity contribution in [2.24, 2.45) is 0 Å². The minimum absolute atomic E-state index is 0.628. The number of hydrogen-bond acceptors (Lipinski definition) is 3. The lowest BCUT2D eigenvalue weighted by Crippen LogP contribution is -1.92. The number of ether oxygens (including phenoxy) is 1. The highest BCUT2D eigenvalue weighted by Crippen LogP contribution is 2.26. The topological polar surface area (TPSA) is 48.1 Å². The number of hydrogen-bond donors (Lipinski definition) is 1. The van der Waals surface area contributed by atoms with Crippen LogP contribution in [0.15, 0.2) is 54.6 Å². The Kier molecular flexibility index (Phi) is 2.80. The predicted molar refractivity (Wildman–Crippen MR) is 77.4 cm³/mol. The second-order valence-electron chi connectivity index (χ2n) is 4.47. The standard InChI is InChI=1S/C16H14N2O/c1-11-10-12-4-2-3-5-15(12)18-16(11)19-14-8-6-13(17)7-9-14/h2-10H,17H2,1H3. The molecule has 0 atom stereocenters. The summed E-state index contributed by atoms with van der Waals surface area (Å²) in [7, 11) is 0. The van der Waals surface area contributed by atoms with Crippen LogP contribution in [0, 0.1) is 6.92 Å². The van der Waals surface area contributed by atoms with E-state index in [2.05, 4.69) is 11.1 Å². The Morgan fingerprint density at radius 1 is 1.00 bits per heavy atom. The molecule has 0 spiro atoms. The Balaban J connectivity index is 2.00. The molecule has 0 amide bonds. The van der Waals surface area contributed by atoms with Crippen LogP contribution in [0.2, 0.25) is 0 Å². The van der Waals surface area contributed by atoms with E-state index in [1.165, 1.54) is 0 Å². The van der Waals surface area contributed by atoms with Crippen LogP contribution >= 0.6 is 0 Å². The molecule has 0 unspecified atom stereocenters. The lowest BCUT2D eigenvalue weighted by Gasteiger charge is -2.09. The van der Waals surface area contributed by atoms with Gasteiger partial charge in [0.1, 0.15) is 5.75 Å². The molecule has 0 saturated heterocycles. The molecule has 0 saturated carbocycles. The van der Waals surface area contributed by atoms with E-state index in [1.807, 2.05) is 55.5 Å². The van der Waals surface area contributed by atoms with E-state index < -0.39 is 0 Å². The molecule has 1 heterocycles. The van der Waals surface area contributed by atoms with E-state index in [1.54, 1.807) is 0 Å².